The normalized spacial score (nSPS) is 20.1. The maximum absolute atomic E-state index is 12.1. The minimum Gasteiger partial charge on any atom is -0.459 e. The summed E-state index contributed by atoms with van der Waals surface area (Å²) in [6.07, 6.45) is 1.23. The first kappa shape index (κ1) is 20.2. The Bertz CT molecular complexity index is 448. The third kappa shape index (κ3) is 5.92. The molecule has 23 heavy (non-hydrogen) atoms. The van der Waals surface area contributed by atoms with Gasteiger partial charge in [0.1, 0.15) is 12.1 Å². The lowest BCUT2D eigenvalue weighted by molar-refractivity contribution is -0.159. The number of likely N-dealkylation sites (tertiary alicyclic amines) is 1. The number of esters is 1. The SMILES string of the molecule is CC(C)(C)OC(=O)CN1C(=O)CCC1CO[Si](C)(C)C(C)(C)C. The summed E-state index contributed by atoms with van der Waals surface area (Å²) in [6, 6.07) is -0.0239. The van der Waals surface area contributed by atoms with Gasteiger partial charge in [-0.1, -0.05) is 20.8 Å². The van der Waals surface area contributed by atoms with Crippen molar-refractivity contribution >= 4 is 20.2 Å². The van der Waals surface area contributed by atoms with Gasteiger partial charge >= 0.3 is 5.97 Å². The number of amides is 1. The Kier molecular flexibility index (Phi) is 6.07. The van der Waals surface area contributed by atoms with Crippen LogP contribution < -0.4 is 0 Å². The molecule has 1 aliphatic rings. The number of rotatable bonds is 5. The fraction of sp³-hybridized carbons (Fsp3) is 0.882. The molecule has 1 rings (SSSR count). The lowest BCUT2D eigenvalue weighted by Gasteiger charge is -2.38. The highest BCUT2D eigenvalue weighted by Gasteiger charge is 2.40. The summed E-state index contributed by atoms with van der Waals surface area (Å²) in [5, 5.41) is 0.131. The lowest BCUT2D eigenvalue weighted by Crippen LogP contribution is -2.46. The number of ether oxygens (including phenoxy) is 1. The number of hydrogen-bond donors (Lipinski definition) is 0. The molecule has 0 radical (unpaired) electrons. The molecule has 0 spiro atoms. The van der Waals surface area contributed by atoms with Crippen molar-refractivity contribution in [3.8, 4) is 0 Å². The van der Waals surface area contributed by atoms with Gasteiger partial charge < -0.3 is 14.1 Å². The summed E-state index contributed by atoms with van der Waals surface area (Å²) in [5.41, 5.74) is -0.535. The van der Waals surface area contributed by atoms with Crippen LogP contribution in [0.5, 0.6) is 0 Å². The highest BCUT2D eigenvalue weighted by atomic mass is 28.4. The Morgan fingerprint density at radius 1 is 1.22 bits per heavy atom. The van der Waals surface area contributed by atoms with E-state index in [1.807, 2.05) is 20.8 Å². The van der Waals surface area contributed by atoms with Gasteiger partial charge in [0.25, 0.3) is 0 Å². The first-order chi connectivity index (χ1) is 10.2. The van der Waals surface area contributed by atoms with Crippen molar-refractivity contribution < 1.29 is 18.8 Å². The van der Waals surface area contributed by atoms with Crippen LogP contribution in [0.3, 0.4) is 0 Å². The molecule has 0 N–H and O–H groups in total. The molecule has 0 aliphatic carbocycles. The van der Waals surface area contributed by atoms with Gasteiger partial charge in [-0.2, -0.15) is 0 Å². The maximum atomic E-state index is 12.1. The second kappa shape index (κ2) is 6.93. The predicted octanol–water partition coefficient (Wildman–Crippen LogP) is 3.34. The van der Waals surface area contributed by atoms with E-state index in [0.29, 0.717) is 13.0 Å². The first-order valence-corrected chi connectivity index (χ1v) is 11.3. The average molecular weight is 344 g/mol. The van der Waals surface area contributed by atoms with Crippen LogP contribution in [0.15, 0.2) is 0 Å². The average Bonchev–Trinajstić information content (AvgIpc) is 2.64. The Morgan fingerprint density at radius 3 is 2.26 bits per heavy atom. The summed E-state index contributed by atoms with van der Waals surface area (Å²) in [7, 11) is -1.86. The molecule has 1 heterocycles. The van der Waals surface area contributed by atoms with Gasteiger partial charge in [0.15, 0.2) is 8.32 Å². The minimum absolute atomic E-state index is 0.0136. The standard InChI is InChI=1S/C17H33NO4Si/c1-16(2,3)22-15(20)11-18-13(9-10-14(18)19)12-21-23(7,8)17(4,5)6/h13H,9-12H2,1-8H3. The van der Waals surface area contributed by atoms with Crippen molar-refractivity contribution in [2.75, 3.05) is 13.2 Å². The Balaban J connectivity index is 2.65. The number of nitrogens with zero attached hydrogens (tertiary/aromatic N) is 1. The van der Waals surface area contributed by atoms with Gasteiger partial charge in [-0.25, -0.2) is 0 Å². The van der Waals surface area contributed by atoms with Crippen LogP contribution in [0.1, 0.15) is 54.4 Å². The molecule has 1 fully saturated rings. The molecule has 134 valence electrons. The summed E-state index contributed by atoms with van der Waals surface area (Å²) in [6.45, 7) is 17.0. The highest BCUT2D eigenvalue weighted by Crippen LogP contribution is 2.37. The largest absolute Gasteiger partial charge is 0.459 e. The van der Waals surface area contributed by atoms with E-state index in [1.54, 1.807) is 4.90 Å². The molecule has 0 bridgehead atoms. The van der Waals surface area contributed by atoms with Crippen LogP contribution in [0.2, 0.25) is 18.1 Å². The van der Waals surface area contributed by atoms with Crippen molar-refractivity contribution in [3.63, 3.8) is 0 Å². The monoisotopic (exact) mass is 343 g/mol. The minimum atomic E-state index is -1.86. The second-order valence-electron chi connectivity index (χ2n) is 8.87. The van der Waals surface area contributed by atoms with Crippen LogP contribution in [0.25, 0.3) is 0 Å². The maximum Gasteiger partial charge on any atom is 0.326 e. The molecule has 1 aliphatic heterocycles. The van der Waals surface area contributed by atoms with Gasteiger partial charge in [-0.15, -0.1) is 0 Å². The number of carbonyl (C=O) groups excluding carboxylic acids is 2. The van der Waals surface area contributed by atoms with Crippen molar-refractivity contribution in [3.05, 3.63) is 0 Å². The third-order valence-electron chi connectivity index (χ3n) is 4.61. The van der Waals surface area contributed by atoms with E-state index >= 15 is 0 Å². The zero-order valence-corrected chi connectivity index (χ0v) is 17.0. The lowest BCUT2D eigenvalue weighted by atomic mass is 10.2. The zero-order chi connectivity index (χ0) is 18.1. The summed E-state index contributed by atoms with van der Waals surface area (Å²) in [4.78, 5) is 25.7. The summed E-state index contributed by atoms with van der Waals surface area (Å²) in [5.74, 6) is -0.343. The molecular weight excluding hydrogens is 310 g/mol. The molecule has 0 aromatic carbocycles. The fourth-order valence-corrected chi connectivity index (χ4v) is 3.26. The molecule has 1 saturated heterocycles. The molecule has 5 nitrogen and oxygen atoms in total. The molecule has 0 saturated carbocycles. The van der Waals surface area contributed by atoms with Crippen LogP contribution >= 0.6 is 0 Å². The van der Waals surface area contributed by atoms with Gasteiger partial charge in [0.05, 0.1) is 12.6 Å². The van der Waals surface area contributed by atoms with Gasteiger partial charge in [0, 0.05) is 6.42 Å². The van der Waals surface area contributed by atoms with Crippen molar-refractivity contribution in [2.24, 2.45) is 0 Å². The van der Waals surface area contributed by atoms with Crippen molar-refractivity contribution in [2.45, 2.75) is 84.2 Å². The van der Waals surface area contributed by atoms with E-state index in [4.69, 9.17) is 9.16 Å². The molecule has 6 heteroatoms. The molecule has 1 atom stereocenters. The third-order valence-corrected chi connectivity index (χ3v) is 9.12. The van der Waals surface area contributed by atoms with Crippen LogP contribution in [0, 0.1) is 0 Å². The van der Waals surface area contributed by atoms with Crippen LogP contribution in [-0.4, -0.2) is 49.9 Å². The molecule has 1 unspecified atom stereocenters. The van der Waals surface area contributed by atoms with Crippen molar-refractivity contribution in [1.29, 1.82) is 0 Å². The topological polar surface area (TPSA) is 55.8 Å². The van der Waals surface area contributed by atoms with Crippen LogP contribution in [-0.2, 0) is 18.8 Å². The van der Waals surface area contributed by atoms with E-state index in [1.165, 1.54) is 0 Å². The van der Waals surface area contributed by atoms with Gasteiger partial charge in [0.2, 0.25) is 5.91 Å². The molecule has 1 amide bonds. The smallest absolute Gasteiger partial charge is 0.326 e. The Morgan fingerprint density at radius 2 is 1.78 bits per heavy atom. The van der Waals surface area contributed by atoms with E-state index in [-0.39, 0.29) is 29.5 Å². The Labute approximate surface area is 141 Å². The number of carbonyl (C=O) groups is 2. The second-order valence-corrected chi connectivity index (χ2v) is 13.7. The predicted molar refractivity (Wildman–Crippen MR) is 93.7 cm³/mol. The van der Waals surface area contributed by atoms with E-state index < -0.39 is 13.9 Å². The molecule has 0 aromatic heterocycles. The van der Waals surface area contributed by atoms with Gasteiger partial charge in [-0.3, -0.25) is 9.59 Å². The summed E-state index contributed by atoms with van der Waals surface area (Å²) >= 11 is 0. The van der Waals surface area contributed by atoms with Crippen LogP contribution in [0.4, 0.5) is 0 Å². The summed E-state index contributed by atoms with van der Waals surface area (Å²) < 4.78 is 11.6. The van der Waals surface area contributed by atoms with E-state index in [9.17, 15) is 9.59 Å². The molecular formula is C17H33NO4Si. The molecule has 0 aromatic rings. The van der Waals surface area contributed by atoms with E-state index in [2.05, 4.69) is 33.9 Å². The quantitative estimate of drug-likeness (QED) is 0.567. The highest BCUT2D eigenvalue weighted by molar-refractivity contribution is 6.74. The fourth-order valence-electron chi connectivity index (χ4n) is 2.22. The van der Waals surface area contributed by atoms with Gasteiger partial charge in [-0.05, 0) is 45.3 Å². The van der Waals surface area contributed by atoms with Crippen molar-refractivity contribution in [1.82, 2.24) is 4.90 Å². The zero-order valence-electron chi connectivity index (χ0n) is 16.0. The number of hydrogen-bond acceptors (Lipinski definition) is 4. The van der Waals surface area contributed by atoms with E-state index in [0.717, 1.165) is 6.42 Å². The first-order valence-electron chi connectivity index (χ1n) is 8.38. The Hall–Kier alpha value is -0.883.